The molecular weight excluding hydrogens is 232 g/mol. The molecule has 2 unspecified atom stereocenters. The number of hydrogen-bond acceptors (Lipinski definition) is 4. The van der Waals surface area contributed by atoms with Gasteiger partial charge >= 0.3 is 0 Å². The highest BCUT2D eigenvalue weighted by Crippen LogP contribution is 2.31. The topological polar surface area (TPSA) is 58.6 Å². The molecule has 1 aliphatic carbocycles. The zero-order chi connectivity index (χ0) is 12.5. The largest absolute Gasteiger partial charge is 0.381 e. The first-order chi connectivity index (χ1) is 8.75. The number of nitrogens with one attached hydrogen (secondary N) is 1. The number of carbonyl (C=O) groups is 2. The molecule has 3 fully saturated rings. The molecule has 2 heterocycles. The Morgan fingerprint density at radius 3 is 2.78 bits per heavy atom. The lowest BCUT2D eigenvalue weighted by Crippen LogP contribution is -2.42. The molecule has 2 atom stereocenters. The molecule has 5 nitrogen and oxygen atoms in total. The second-order valence-electron chi connectivity index (χ2n) is 5.58. The van der Waals surface area contributed by atoms with Crippen LogP contribution in [0.4, 0.5) is 0 Å². The monoisotopic (exact) mass is 252 g/mol. The average molecular weight is 252 g/mol. The van der Waals surface area contributed by atoms with Crippen molar-refractivity contribution < 1.29 is 14.3 Å². The van der Waals surface area contributed by atoms with Gasteiger partial charge in [-0.2, -0.15) is 0 Å². The third-order valence-corrected chi connectivity index (χ3v) is 4.00. The first-order valence-electron chi connectivity index (χ1n) is 6.92. The summed E-state index contributed by atoms with van der Waals surface area (Å²) in [5.74, 6) is 0.468. The summed E-state index contributed by atoms with van der Waals surface area (Å²) in [6.07, 6.45) is 4.55. The van der Waals surface area contributed by atoms with Crippen molar-refractivity contribution in [2.45, 2.75) is 44.2 Å². The molecule has 3 rings (SSSR count). The van der Waals surface area contributed by atoms with Crippen molar-refractivity contribution in [1.82, 2.24) is 10.2 Å². The smallest absolute Gasteiger partial charge is 0.247 e. The van der Waals surface area contributed by atoms with E-state index in [9.17, 15) is 9.59 Å². The Hall–Kier alpha value is -0.940. The lowest BCUT2D eigenvalue weighted by Gasteiger charge is -2.23. The molecule has 18 heavy (non-hydrogen) atoms. The number of amides is 2. The number of rotatable bonds is 4. The Bertz CT molecular complexity index is 348. The fourth-order valence-corrected chi connectivity index (χ4v) is 2.80. The maximum absolute atomic E-state index is 12.1. The SMILES string of the molecule is O=C1CC(NCC2CCCOC2)C(=O)N1C1CC1. The van der Waals surface area contributed by atoms with Gasteiger partial charge in [0.2, 0.25) is 11.8 Å². The second kappa shape index (κ2) is 4.97. The second-order valence-corrected chi connectivity index (χ2v) is 5.58. The zero-order valence-corrected chi connectivity index (χ0v) is 10.6. The molecule has 5 heteroatoms. The molecule has 0 aromatic rings. The van der Waals surface area contributed by atoms with Crippen LogP contribution in [0.15, 0.2) is 0 Å². The van der Waals surface area contributed by atoms with E-state index >= 15 is 0 Å². The Balaban J connectivity index is 1.50. The van der Waals surface area contributed by atoms with Crippen molar-refractivity contribution in [3.05, 3.63) is 0 Å². The van der Waals surface area contributed by atoms with E-state index < -0.39 is 0 Å². The van der Waals surface area contributed by atoms with Crippen LogP contribution in [0.2, 0.25) is 0 Å². The van der Waals surface area contributed by atoms with E-state index in [0.717, 1.165) is 45.4 Å². The van der Waals surface area contributed by atoms with Crippen LogP contribution in [0.1, 0.15) is 32.1 Å². The highest BCUT2D eigenvalue weighted by atomic mass is 16.5. The maximum atomic E-state index is 12.1. The number of likely N-dealkylation sites (tertiary alicyclic amines) is 1. The molecule has 0 aromatic heterocycles. The minimum atomic E-state index is -0.292. The van der Waals surface area contributed by atoms with Crippen molar-refractivity contribution in [2.24, 2.45) is 5.92 Å². The van der Waals surface area contributed by atoms with E-state index in [4.69, 9.17) is 4.74 Å². The zero-order valence-electron chi connectivity index (χ0n) is 10.6. The molecule has 0 aromatic carbocycles. The molecule has 2 amide bonds. The summed E-state index contributed by atoms with van der Waals surface area (Å²) in [6.45, 7) is 2.41. The first kappa shape index (κ1) is 12.1. The van der Waals surface area contributed by atoms with Crippen LogP contribution in [0.3, 0.4) is 0 Å². The van der Waals surface area contributed by atoms with Crippen LogP contribution >= 0.6 is 0 Å². The molecule has 0 radical (unpaired) electrons. The lowest BCUT2D eigenvalue weighted by atomic mass is 10.0. The highest BCUT2D eigenvalue weighted by molar-refractivity contribution is 6.06. The maximum Gasteiger partial charge on any atom is 0.247 e. The third kappa shape index (κ3) is 2.42. The van der Waals surface area contributed by atoms with Gasteiger partial charge in [0.15, 0.2) is 0 Å². The Labute approximate surface area is 107 Å². The van der Waals surface area contributed by atoms with Gasteiger partial charge in [-0.3, -0.25) is 14.5 Å². The lowest BCUT2D eigenvalue weighted by molar-refractivity contribution is -0.139. The molecule has 0 spiro atoms. The van der Waals surface area contributed by atoms with Crippen LogP contribution in [-0.2, 0) is 14.3 Å². The van der Waals surface area contributed by atoms with Gasteiger partial charge in [0.05, 0.1) is 19.1 Å². The molecular formula is C13H20N2O3. The average Bonchev–Trinajstić information content (AvgIpc) is 3.16. The number of ether oxygens (including phenoxy) is 1. The van der Waals surface area contributed by atoms with Gasteiger partial charge in [-0.15, -0.1) is 0 Å². The molecule has 1 N–H and O–H groups in total. The summed E-state index contributed by atoms with van der Waals surface area (Å²) in [4.78, 5) is 25.3. The summed E-state index contributed by atoms with van der Waals surface area (Å²) in [7, 11) is 0. The Kier molecular flexibility index (Phi) is 3.35. The predicted molar refractivity (Wildman–Crippen MR) is 64.8 cm³/mol. The van der Waals surface area contributed by atoms with Crippen molar-refractivity contribution in [2.75, 3.05) is 19.8 Å². The van der Waals surface area contributed by atoms with E-state index in [1.807, 2.05) is 0 Å². The van der Waals surface area contributed by atoms with Gasteiger partial charge in [-0.25, -0.2) is 0 Å². The minimum Gasteiger partial charge on any atom is -0.381 e. The van der Waals surface area contributed by atoms with Gasteiger partial charge in [-0.1, -0.05) is 0 Å². The number of hydrogen-bond donors (Lipinski definition) is 1. The summed E-state index contributed by atoms with van der Waals surface area (Å²) < 4.78 is 5.41. The quantitative estimate of drug-likeness (QED) is 0.731. The molecule has 100 valence electrons. The number of carbonyl (C=O) groups excluding carboxylic acids is 2. The van der Waals surface area contributed by atoms with Gasteiger partial charge in [0.25, 0.3) is 0 Å². The number of nitrogens with zero attached hydrogens (tertiary/aromatic N) is 1. The van der Waals surface area contributed by atoms with Crippen LogP contribution in [0.5, 0.6) is 0 Å². The van der Waals surface area contributed by atoms with E-state index in [2.05, 4.69) is 5.32 Å². The van der Waals surface area contributed by atoms with Crippen molar-refractivity contribution in [3.63, 3.8) is 0 Å². The Morgan fingerprint density at radius 1 is 1.28 bits per heavy atom. The third-order valence-electron chi connectivity index (χ3n) is 4.00. The molecule has 2 saturated heterocycles. The van der Waals surface area contributed by atoms with E-state index in [1.54, 1.807) is 0 Å². The van der Waals surface area contributed by atoms with Crippen LogP contribution in [0, 0.1) is 5.92 Å². The van der Waals surface area contributed by atoms with Gasteiger partial charge in [0.1, 0.15) is 0 Å². The molecule has 1 saturated carbocycles. The molecule has 2 aliphatic heterocycles. The summed E-state index contributed by atoms with van der Waals surface area (Å²) in [6, 6.07) is -0.0881. The summed E-state index contributed by atoms with van der Waals surface area (Å²) >= 11 is 0. The highest BCUT2D eigenvalue weighted by Gasteiger charge is 2.45. The summed E-state index contributed by atoms with van der Waals surface area (Å²) in [5.41, 5.74) is 0. The van der Waals surface area contributed by atoms with Crippen LogP contribution in [-0.4, -0.2) is 48.6 Å². The van der Waals surface area contributed by atoms with Crippen molar-refractivity contribution in [3.8, 4) is 0 Å². The van der Waals surface area contributed by atoms with Crippen molar-refractivity contribution >= 4 is 11.8 Å². The fraction of sp³-hybridized carbons (Fsp3) is 0.846. The standard InChI is InChI=1S/C13H20N2O3/c16-12-6-11(13(17)15(12)10-3-4-10)14-7-9-2-1-5-18-8-9/h9-11,14H,1-8H2. The predicted octanol–water partition coefficient (Wildman–Crippen LogP) is 0.293. The van der Waals surface area contributed by atoms with Gasteiger partial charge in [-0.05, 0) is 31.6 Å². The summed E-state index contributed by atoms with van der Waals surface area (Å²) in [5, 5.41) is 3.25. The molecule has 0 bridgehead atoms. The van der Waals surface area contributed by atoms with Crippen LogP contribution < -0.4 is 5.32 Å². The van der Waals surface area contributed by atoms with Gasteiger partial charge in [0, 0.05) is 19.2 Å². The number of imide groups is 1. The van der Waals surface area contributed by atoms with E-state index in [1.165, 1.54) is 4.90 Å². The van der Waals surface area contributed by atoms with E-state index in [0.29, 0.717) is 12.3 Å². The minimum absolute atomic E-state index is 0.0000980. The van der Waals surface area contributed by atoms with Crippen molar-refractivity contribution in [1.29, 1.82) is 0 Å². The Morgan fingerprint density at radius 2 is 2.11 bits per heavy atom. The normalized spacial score (nSPS) is 33.2. The molecule has 3 aliphatic rings. The first-order valence-corrected chi connectivity index (χ1v) is 6.92. The van der Waals surface area contributed by atoms with E-state index in [-0.39, 0.29) is 23.9 Å². The van der Waals surface area contributed by atoms with Gasteiger partial charge < -0.3 is 10.1 Å². The fourth-order valence-electron chi connectivity index (χ4n) is 2.80. The van der Waals surface area contributed by atoms with Crippen LogP contribution in [0.25, 0.3) is 0 Å².